The SMILES string of the molecule is Cc1cc(NCCNC(=O)C2CC2)nc(SCc2c(Cl)cccc2Cl)n1. The van der Waals surface area contributed by atoms with Gasteiger partial charge in [0.25, 0.3) is 0 Å². The van der Waals surface area contributed by atoms with E-state index in [9.17, 15) is 4.79 Å². The van der Waals surface area contributed by atoms with Crippen LogP contribution in [0.2, 0.25) is 10.0 Å². The Labute approximate surface area is 167 Å². The molecule has 1 fully saturated rings. The molecule has 0 atom stereocenters. The first-order valence-corrected chi connectivity index (χ1v) is 10.2. The third kappa shape index (κ3) is 5.50. The molecule has 2 N–H and O–H groups in total. The highest BCUT2D eigenvalue weighted by molar-refractivity contribution is 7.98. The molecule has 1 aromatic heterocycles. The number of aromatic nitrogens is 2. The summed E-state index contributed by atoms with van der Waals surface area (Å²) in [5, 5.41) is 8.09. The van der Waals surface area contributed by atoms with Gasteiger partial charge in [0.2, 0.25) is 5.91 Å². The highest BCUT2D eigenvalue weighted by Crippen LogP contribution is 2.31. The standard InChI is InChI=1S/C18H20Cl2N4OS/c1-11-9-16(21-7-8-22-17(25)12-5-6-12)24-18(23-11)26-10-13-14(19)3-2-4-15(13)20/h2-4,9,12H,5-8,10H2,1H3,(H,22,25)(H,21,23,24). The van der Waals surface area contributed by atoms with E-state index in [2.05, 4.69) is 20.6 Å². The van der Waals surface area contributed by atoms with Crippen LogP contribution in [0.25, 0.3) is 0 Å². The average molecular weight is 411 g/mol. The van der Waals surface area contributed by atoms with Crippen LogP contribution in [0.3, 0.4) is 0 Å². The second-order valence-electron chi connectivity index (χ2n) is 6.16. The normalized spacial score (nSPS) is 13.5. The molecule has 3 rings (SSSR count). The number of hydrogen-bond donors (Lipinski definition) is 2. The van der Waals surface area contributed by atoms with Crippen molar-refractivity contribution in [1.82, 2.24) is 15.3 Å². The van der Waals surface area contributed by atoms with Crippen molar-refractivity contribution >= 4 is 46.7 Å². The number of carbonyl (C=O) groups excluding carboxylic acids is 1. The average Bonchev–Trinajstić information content (AvgIpc) is 3.43. The fraction of sp³-hybridized carbons (Fsp3) is 0.389. The molecule has 2 aromatic rings. The van der Waals surface area contributed by atoms with Crippen molar-refractivity contribution < 1.29 is 4.79 Å². The molecule has 8 heteroatoms. The molecule has 26 heavy (non-hydrogen) atoms. The number of hydrogen-bond acceptors (Lipinski definition) is 5. The van der Waals surface area contributed by atoms with E-state index in [1.54, 1.807) is 0 Å². The van der Waals surface area contributed by atoms with Gasteiger partial charge in [0, 0.05) is 46.6 Å². The van der Waals surface area contributed by atoms with Crippen LogP contribution >= 0.6 is 35.0 Å². The number of halogens is 2. The molecule has 1 amide bonds. The van der Waals surface area contributed by atoms with E-state index in [-0.39, 0.29) is 11.8 Å². The topological polar surface area (TPSA) is 66.9 Å². The number of amides is 1. The molecule has 1 aliphatic carbocycles. The quantitative estimate of drug-likeness (QED) is 0.385. The molecule has 5 nitrogen and oxygen atoms in total. The first-order valence-electron chi connectivity index (χ1n) is 8.46. The van der Waals surface area contributed by atoms with Crippen molar-refractivity contribution in [3.8, 4) is 0 Å². The van der Waals surface area contributed by atoms with Gasteiger partial charge in [-0.25, -0.2) is 9.97 Å². The molecule has 0 spiro atoms. The largest absolute Gasteiger partial charge is 0.368 e. The second kappa shape index (κ2) is 8.93. The van der Waals surface area contributed by atoms with Crippen LogP contribution in [0.5, 0.6) is 0 Å². The maximum absolute atomic E-state index is 11.6. The number of benzene rings is 1. The first-order chi connectivity index (χ1) is 12.5. The minimum Gasteiger partial charge on any atom is -0.368 e. The van der Waals surface area contributed by atoms with E-state index in [1.807, 2.05) is 31.2 Å². The van der Waals surface area contributed by atoms with Crippen molar-refractivity contribution in [2.24, 2.45) is 5.92 Å². The Balaban J connectivity index is 1.54. The third-order valence-electron chi connectivity index (χ3n) is 3.92. The third-order valence-corrected chi connectivity index (χ3v) is 5.50. The molecule has 0 aliphatic heterocycles. The van der Waals surface area contributed by atoms with Crippen LogP contribution in [-0.4, -0.2) is 29.0 Å². The second-order valence-corrected chi connectivity index (χ2v) is 7.92. The fourth-order valence-electron chi connectivity index (χ4n) is 2.37. The Morgan fingerprint density at radius 3 is 2.65 bits per heavy atom. The van der Waals surface area contributed by atoms with Gasteiger partial charge in [0.05, 0.1) is 0 Å². The maximum atomic E-state index is 11.6. The lowest BCUT2D eigenvalue weighted by molar-refractivity contribution is -0.122. The number of nitrogens with zero attached hydrogens (tertiary/aromatic N) is 2. The smallest absolute Gasteiger partial charge is 0.223 e. The molecule has 1 aromatic carbocycles. The Morgan fingerprint density at radius 1 is 1.23 bits per heavy atom. The van der Waals surface area contributed by atoms with Gasteiger partial charge in [-0.15, -0.1) is 0 Å². The number of carbonyl (C=O) groups is 1. The zero-order chi connectivity index (χ0) is 18.5. The minimum atomic E-state index is 0.151. The van der Waals surface area contributed by atoms with E-state index in [4.69, 9.17) is 23.2 Å². The Hall–Kier alpha value is -1.50. The van der Waals surface area contributed by atoms with E-state index < -0.39 is 0 Å². The summed E-state index contributed by atoms with van der Waals surface area (Å²) >= 11 is 13.9. The van der Waals surface area contributed by atoms with E-state index in [0.717, 1.165) is 29.9 Å². The molecule has 138 valence electrons. The van der Waals surface area contributed by atoms with Crippen LogP contribution in [0.15, 0.2) is 29.4 Å². The van der Waals surface area contributed by atoms with Crippen LogP contribution in [0, 0.1) is 12.8 Å². The van der Waals surface area contributed by atoms with Crippen molar-refractivity contribution in [3.05, 3.63) is 45.6 Å². The van der Waals surface area contributed by atoms with Crippen LogP contribution < -0.4 is 10.6 Å². The zero-order valence-corrected chi connectivity index (χ0v) is 16.7. The van der Waals surface area contributed by atoms with Gasteiger partial charge in [0.1, 0.15) is 5.82 Å². The summed E-state index contributed by atoms with van der Waals surface area (Å²) < 4.78 is 0. The van der Waals surface area contributed by atoms with Gasteiger partial charge in [-0.1, -0.05) is 41.0 Å². The van der Waals surface area contributed by atoms with Gasteiger partial charge in [0.15, 0.2) is 5.16 Å². The number of aryl methyl sites for hydroxylation is 1. The first kappa shape index (κ1) is 19.3. The molecule has 0 bridgehead atoms. The number of nitrogens with one attached hydrogen (secondary N) is 2. The van der Waals surface area contributed by atoms with E-state index >= 15 is 0 Å². The summed E-state index contributed by atoms with van der Waals surface area (Å²) in [6.07, 6.45) is 2.03. The number of thioether (sulfide) groups is 1. The van der Waals surface area contributed by atoms with Crippen LogP contribution in [0.1, 0.15) is 24.1 Å². The lowest BCUT2D eigenvalue weighted by atomic mass is 10.2. The molecule has 0 radical (unpaired) electrons. The highest BCUT2D eigenvalue weighted by Gasteiger charge is 2.28. The lowest BCUT2D eigenvalue weighted by Gasteiger charge is -2.10. The van der Waals surface area contributed by atoms with Gasteiger partial charge < -0.3 is 10.6 Å². The summed E-state index contributed by atoms with van der Waals surface area (Å²) in [6.45, 7) is 3.12. The molecular formula is C18H20Cl2N4OS. The molecular weight excluding hydrogens is 391 g/mol. The van der Waals surface area contributed by atoms with E-state index in [1.165, 1.54) is 11.8 Å². The summed E-state index contributed by atoms with van der Waals surface area (Å²) in [5.74, 6) is 1.72. The van der Waals surface area contributed by atoms with Crippen molar-refractivity contribution in [2.45, 2.75) is 30.7 Å². The monoisotopic (exact) mass is 410 g/mol. The summed E-state index contributed by atoms with van der Waals surface area (Å²) in [4.78, 5) is 20.6. The summed E-state index contributed by atoms with van der Waals surface area (Å²) in [6, 6.07) is 7.36. The number of anilines is 1. The van der Waals surface area contributed by atoms with Gasteiger partial charge in [-0.3, -0.25) is 4.79 Å². The minimum absolute atomic E-state index is 0.151. The fourth-order valence-corrected chi connectivity index (χ4v) is 4.01. The predicted molar refractivity (Wildman–Crippen MR) is 107 cm³/mol. The van der Waals surface area contributed by atoms with Gasteiger partial charge >= 0.3 is 0 Å². The zero-order valence-electron chi connectivity index (χ0n) is 14.4. The Kier molecular flexibility index (Phi) is 6.62. The Bertz CT molecular complexity index is 779. The summed E-state index contributed by atoms with van der Waals surface area (Å²) in [5.41, 5.74) is 1.75. The van der Waals surface area contributed by atoms with Crippen molar-refractivity contribution in [2.75, 3.05) is 18.4 Å². The van der Waals surface area contributed by atoms with Gasteiger partial charge in [-0.2, -0.15) is 0 Å². The summed E-state index contributed by atoms with van der Waals surface area (Å²) in [7, 11) is 0. The molecule has 1 saturated carbocycles. The van der Waals surface area contributed by atoms with Crippen LogP contribution in [0.4, 0.5) is 5.82 Å². The van der Waals surface area contributed by atoms with E-state index in [0.29, 0.717) is 34.0 Å². The molecule has 0 unspecified atom stereocenters. The van der Waals surface area contributed by atoms with Crippen molar-refractivity contribution in [3.63, 3.8) is 0 Å². The molecule has 1 aliphatic rings. The Morgan fingerprint density at radius 2 is 1.96 bits per heavy atom. The lowest BCUT2D eigenvalue weighted by Crippen LogP contribution is -2.30. The highest BCUT2D eigenvalue weighted by atomic mass is 35.5. The molecule has 1 heterocycles. The van der Waals surface area contributed by atoms with Crippen LogP contribution in [-0.2, 0) is 10.5 Å². The number of rotatable bonds is 8. The van der Waals surface area contributed by atoms with Crippen molar-refractivity contribution in [1.29, 1.82) is 0 Å². The molecule has 0 saturated heterocycles. The maximum Gasteiger partial charge on any atom is 0.223 e. The van der Waals surface area contributed by atoms with Gasteiger partial charge in [-0.05, 0) is 37.5 Å². The predicted octanol–water partition coefficient (Wildman–Crippen LogP) is 4.32.